The molecule has 0 saturated carbocycles. The van der Waals surface area contributed by atoms with E-state index in [-0.39, 0.29) is 29.7 Å². The molecule has 1 aromatic heterocycles. The van der Waals surface area contributed by atoms with Gasteiger partial charge in [0.05, 0.1) is 29.0 Å². The molecule has 2 aromatic rings. The van der Waals surface area contributed by atoms with E-state index < -0.39 is 18.0 Å². The van der Waals surface area contributed by atoms with Gasteiger partial charge in [-0.15, -0.1) is 0 Å². The van der Waals surface area contributed by atoms with Crippen LogP contribution in [0.3, 0.4) is 0 Å². The third-order valence-corrected chi connectivity index (χ3v) is 4.77. The van der Waals surface area contributed by atoms with Gasteiger partial charge in [-0.25, -0.2) is 4.79 Å². The summed E-state index contributed by atoms with van der Waals surface area (Å²) in [4.78, 5) is 36.9. The van der Waals surface area contributed by atoms with Gasteiger partial charge in [-0.2, -0.15) is 0 Å². The Kier molecular flexibility index (Phi) is 5.48. The van der Waals surface area contributed by atoms with Crippen molar-refractivity contribution >= 4 is 29.3 Å². The minimum absolute atomic E-state index is 0.132. The lowest BCUT2D eigenvalue weighted by Crippen LogP contribution is -2.42. The van der Waals surface area contributed by atoms with Gasteiger partial charge in [-0.3, -0.25) is 19.1 Å². The highest BCUT2D eigenvalue weighted by Gasteiger charge is 2.40. The molecule has 142 valence electrons. The number of methoxy groups -OCH3 is 1. The Hall–Kier alpha value is -2.84. The highest BCUT2D eigenvalue weighted by Crippen LogP contribution is 2.27. The number of nitrogens with one attached hydrogen (secondary N) is 1. The molecule has 1 aliphatic rings. The Morgan fingerprint density at radius 1 is 1.30 bits per heavy atom. The number of aromatic nitrogens is 1. The van der Waals surface area contributed by atoms with Gasteiger partial charge in [0.15, 0.2) is 0 Å². The monoisotopic (exact) mass is 391 g/mol. The summed E-state index contributed by atoms with van der Waals surface area (Å²) >= 11 is 6.25. The van der Waals surface area contributed by atoms with E-state index in [0.717, 1.165) is 4.90 Å². The van der Waals surface area contributed by atoms with E-state index in [1.54, 1.807) is 36.5 Å². The largest absolute Gasteiger partial charge is 0.465 e. The maximum Gasteiger partial charge on any atom is 0.408 e. The molecule has 0 unspecified atom stereocenters. The SMILES string of the molecule is CO[C@@H]1C[C@H](C(=O)Nc2ccc(-n3ccccc3=O)cc2Cl)N(C(=O)O)C1. The molecular weight excluding hydrogens is 374 g/mol. The van der Waals surface area contributed by atoms with Gasteiger partial charge >= 0.3 is 6.09 Å². The molecule has 0 bridgehead atoms. The highest BCUT2D eigenvalue weighted by atomic mass is 35.5. The van der Waals surface area contributed by atoms with Crippen LogP contribution in [-0.2, 0) is 9.53 Å². The van der Waals surface area contributed by atoms with E-state index in [4.69, 9.17) is 16.3 Å². The minimum Gasteiger partial charge on any atom is -0.465 e. The van der Waals surface area contributed by atoms with Crippen LogP contribution in [0.25, 0.3) is 5.69 Å². The van der Waals surface area contributed by atoms with Gasteiger partial charge in [0.2, 0.25) is 5.91 Å². The molecule has 27 heavy (non-hydrogen) atoms. The Balaban J connectivity index is 1.79. The number of hydrogen-bond donors (Lipinski definition) is 2. The molecule has 0 spiro atoms. The molecule has 9 heteroatoms. The van der Waals surface area contributed by atoms with Crippen molar-refractivity contribution in [1.29, 1.82) is 0 Å². The number of ether oxygens (including phenoxy) is 1. The summed E-state index contributed by atoms with van der Waals surface area (Å²) in [5, 5.41) is 12.2. The van der Waals surface area contributed by atoms with Crippen LogP contribution in [0.1, 0.15) is 6.42 Å². The average Bonchev–Trinajstić information content (AvgIpc) is 3.09. The minimum atomic E-state index is -1.18. The summed E-state index contributed by atoms with van der Waals surface area (Å²) < 4.78 is 6.60. The molecule has 1 aromatic carbocycles. The molecular formula is C18H18ClN3O5. The van der Waals surface area contributed by atoms with Gasteiger partial charge in [0, 0.05) is 25.8 Å². The first-order valence-electron chi connectivity index (χ1n) is 8.21. The van der Waals surface area contributed by atoms with Gasteiger partial charge in [-0.05, 0) is 24.3 Å². The first-order valence-corrected chi connectivity index (χ1v) is 8.59. The molecule has 1 fully saturated rings. The van der Waals surface area contributed by atoms with Crippen LogP contribution in [0, 0.1) is 0 Å². The van der Waals surface area contributed by atoms with Crippen LogP contribution in [0.5, 0.6) is 0 Å². The van der Waals surface area contributed by atoms with Crippen molar-refractivity contribution < 1.29 is 19.4 Å². The predicted molar refractivity (Wildman–Crippen MR) is 99.6 cm³/mol. The third kappa shape index (κ3) is 3.96. The Bertz CT molecular complexity index is 929. The topological polar surface area (TPSA) is 101 Å². The number of rotatable bonds is 4. The second kappa shape index (κ2) is 7.81. The molecule has 0 aliphatic carbocycles. The molecule has 0 radical (unpaired) electrons. The summed E-state index contributed by atoms with van der Waals surface area (Å²) in [6.07, 6.45) is 0.365. The normalized spacial score (nSPS) is 19.1. The zero-order chi connectivity index (χ0) is 19.6. The molecule has 8 nitrogen and oxygen atoms in total. The Morgan fingerprint density at radius 3 is 2.70 bits per heavy atom. The van der Waals surface area contributed by atoms with E-state index in [1.165, 1.54) is 17.7 Å². The van der Waals surface area contributed by atoms with Crippen molar-refractivity contribution in [2.75, 3.05) is 19.0 Å². The third-order valence-electron chi connectivity index (χ3n) is 4.46. The standard InChI is InChI=1S/C18H18ClN3O5/c1-27-12-9-15(22(10-12)18(25)26)17(24)20-14-6-5-11(8-13(14)19)21-7-3-2-4-16(21)23/h2-8,12,15H,9-10H2,1H3,(H,20,24)(H,25,26)/t12-,15-/m1/s1. The number of amides is 2. The van der Waals surface area contributed by atoms with Crippen LogP contribution in [0.4, 0.5) is 10.5 Å². The van der Waals surface area contributed by atoms with Gasteiger partial charge in [-0.1, -0.05) is 17.7 Å². The number of benzene rings is 1. The lowest BCUT2D eigenvalue weighted by atomic mass is 10.1. The lowest BCUT2D eigenvalue weighted by Gasteiger charge is -2.20. The van der Waals surface area contributed by atoms with E-state index in [0.29, 0.717) is 11.4 Å². The number of anilines is 1. The molecule has 2 atom stereocenters. The summed E-state index contributed by atoms with van der Waals surface area (Å²) in [6, 6.07) is 8.69. The first-order chi connectivity index (χ1) is 12.9. The van der Waals surface area contributed by atoms with Crippen LogP contribution in [0.15, 0.2) is 47.4 Å². The summed E-state index contributed by atoms with van der Waals surface area (Å²) in [5.74, 6) is -0.483. The maximum absolute atomic E-state index is 12.6. The zero-order valence-electron chi connectivity index (χ0n) is 14.5. The molecule has 3 rings (SSSR count). The fourth-order valence-corrected chi connectivity index (χ4v) is 3.26. The van der Waals surface area contributed by atoms with Crippen molar-refractivity contribution in [1.82, 2.24) is 9.47 Å². The molecule has 1 saturated heterocycles. The van der Waals surface area contributed by atoms with Crippen molar-refractivity contribution in [3.63, 3.8) is 0 Å². The Morgan fingerprint density at radius 2 is 2.07 bits per heavy atom. The molecule has 2 N–H and O–H groups in total. The smallest absolute Gasteiger partial charge is 0.408 e. The van der Waals surface area contributed by atoms with Gasteiger partial charge < -0.3 is 15.2 Å². The number of likely N-dealkylation sites (tertiary alicyclic amines) is 1. The fourth-order valence-electron chi connectivity index (χ4n) is 3.04. The van der Waals surface area contributed by atoms with Crippen molar-refractivity contribution in [2.45, 2.75) is 18.6 Å². The number of pyridine rings is 1. The molecule has 1 aliphatic heterocycles. The Labute approximate surface area is 159 Å². The number of hydrogen-bond acceptors (Lipinski definition) is 4. The van der Waals surface area contributed by atoms with Crippen molar-refractivity contribution in [3.05, 3.63) is 58.0 Å². The van der Waals surface area contributed by atoms with E-state index in [1.807, 2.05) is 0 Å². The van der Waals surface area contributed by atoms with Crippen LogP contribution in [-0.4, -0.2) is 52.4 Å². The average molecular weight is 392 g/mol. The van der Waals surface area contributed by atoms with Crippen molar-refractivity contribution in [3.8, 4) is 5.69 Å². The van der Waals surface area contributed by atoms with Crippen LogP contribution < -0.4 is 10.9 Å². The second-order valence-electron chi connectivity index (χ2n) is 6.11. The van der Waals surface area contributed by atoms with Crippen molar-refractivity contribution in [2.24, 2.45) is 0 Å². The highest BCUT2D eigenvalue weighted by molar-refractivity contribution is 6.34. The van der Waals surface area contributed by atoms with Crippen LogP contribution in [0.2, 0.25) is 5.02 Å². The molecule has 2 amide bonds. The number of halogens is 1. The second-order valence-corrected chi connectivity index (χ2v) is 6.51. The first kappa shape index (κ1) is 18.9. The van der Waals surface area contributed by atoms with E-state index in [9.17, 15) is 19.5 Å². The number of carbonyl (C=O) groups is 2. The summed E-state index contributed by atoms with van der Waals surface area (Å²) in [7, 11) is 1.48. The van der Waals surface area contributed by atoms with Gasteiger partial charge in [0.1, 0.15) is 6.04 Å². The molecule has 2 heterocycles. The summed E-state index contributed by atoms with van der Waals surface area (Å²) in [6.45, 7) is 0.132. The number of carbonyl (C=O) groups excluding carboxylic acids is 1. The number of carboxylic acid groups (broad SMARTS) is 1. The van der Waals surface area contributed by atoms with E-state index in [2.05, 4.69) is 5.32 Å². The quantitative estimate of drug-likeness (QED) is 0.832. The van der Waals surface area contributed by atoms with E-state index >= 15 is 0 Å². The number of nitrogens with zero attached hydrogens (tertiary/aromatic N) is 2. The van der Waals surface area contributed by atoms with Crippen LogP contribution >= 0.6 is 11.6 Å². The van der Waals surface area contributed by atoms with Gasteiger partial charge in [0.25, 0.3) is 5.56 Å². The fraction of sp³-hybridized carbons (Fsp3) is 0.278. The lowest BCUT2D eigenvalue weighted by molar-refractivity contribution is -0.120. The maximum atomic E-state index is 12.6. The zero-order valence-corrected chi connectivity index (χ0v) is 15.2. The summed E-state index contributed by atoms with van der Waals surface area (Å²) in [5.41, 5.74) is 0.677. The predicted octanol–water partition coefficient (Wildman–Crippen LogP) is 2.20.